The van der Waals surface area contributed by atoms with Gasteiger partial charge in [-0.1, -0.05) is 115 Å². The highest BCUT2D eigenvalue weighted by atomic mass is 32.1. The standard InChI is InChI=1S/C51H30N4OS/c1-3-11-31(12-4-1)32-19-21-33(22-20-32)49-52-50(54-51(53-49)35-24-28-46-42(30-35)38-16-8-10-18-45(38)57-46)34-23-27-44-41(29-34)40-26-25-39-37-15-7-9-17-43(37)55(47(39)48(40)56-44)36-13-5-2-6-14-36/h1-30H. The minimum atomic E-state index is 0.605. The SMILES string of the molecule is c1ccc(-c2ccc(-c3nc(-c4ccc5oc6c(ccc7c8ccccc8n(-c8ccccc8)c76)c5c4)nc(-c4ccc5sc6ccccc6c5c4)n3)cc2)cc1. The van der Waals surface area contributed by atoms with Gasteiger partial charge in [0.1, 0.15) is 5.58 Å². The van der Waals surface area contributed by atoms with Crippen molar-refractivity contribution in [3.63, 3.8) is 0 Å². The molecule has 0 aliphatic rings. The van der Waals surface area contributed by atoms with Gasteiger partial charge in [-0.3, -0.25) is 0 Å². The highest BCUT2D eigenvalue weighted by Gasteiger charge is 2.20. The number of para-hydroxylation sites is 2. The van der Waals surface area contributed by atoms with Crippen LogP contribution in [0.1, 0.15) is 0 Å². The van der Waals surface area contributed by atoms with Crippen molar-refractivity contribution in [1.82, 2.24) is 19.5 Å². The molecule has 0 bridgehead atoms. The van der Waals surface area contributed by atoms with E-state index >= 15 is 0 Å². The van der Waals surface area contributed by atoms with Crippen LogP contribution in [0.25, 0.3) is 115 Å². The maximum Gasteiger partial charge on any atom is 0.164 e. The van der Waals surface area contributed by atoms with Gasteiger partial charge in [-0.15, -0.1) is 11.3 Å². The fraction of sp³-hybridized carbons (Fsp3) is 0. The van der Waals surface area contributed by atoms with E-state index in [1.165, 1.54) is 31.1 Å². The number of nitrogens with zero attached hydrogens (tertiary/aromatic N) is 4. The lowest BCUT2D eigenvalue weighted by Crippen LogP contribution is -2.00. The molecule has 0 aliphatic heterocycles. The Hall–Kier alpha value is -7.41. The first kappa shape index (κ1) is 31.9. The Balaban J connectivity index is 1.05. The predicted molar refractivity (Wildman–Crippen MR) is 236 cm³/mol. The molecule has 57 heavy (non-hydrogen) atoms. The van der Waals surface area contributed by atoms with Crippen molar-refractivity contribution in [2.24, 2.45) is 0 Å². The molecule has 5 nitrogen and oxygen atoms in total. The van der Waals surface area contributed by atoms with Gasteiger partial charge in [0.15, 0.2) is 23.1 Å². The van der Waals surface area contributed by atoms with Gasteiger partial charge >= 0.3 is 0 Å². The molecule has 0 spiro atoms. The summed E-state index contributed by atoms with van der Waals surface area (Å²) in [5, 5.41) is 6.84. The smallest absolute Gasteiger partial charge is 0.164 e. The minimum Gasteiger partial charge on any atom is -0.454 e. The molecule has 0 atom stereocenters. The molecule has 0 radical (unpaired) electrons. The molecule has 0 unspecified atom stereocenters. The fourth-order valence-corrected chi connectivity index (χ4v) is 9.42. The van der Waals surface area contributed by atoms with Crippen LogP contribution in [0.3, 0.4) is 0 Å². The lowest BCUT2D eigenvalue weighted by atomic mass is 10.0. The molecular weight excluding hydrogens is 717 g/mol. The molecule has 0 N–H and O–H groups in total. The number of rotatable bonds is 5. The van der Waals surface area contributed by atoms with E-state index < -0.39 is 0 Å². The summed E-state index contributed by atoms with van der Waals surface area (Å²) in [6.07, 6.45) is 0. The molecule has 0 amide bonds. The topological polar surface area (TPSA) is 56.7 Å². The zero-order valence-corrected chi connectivity index (χ0v) is 31.2. The van der Waals surface area contributed by atoms with Crippen molar-refractivity contribution < 1.29 is 4.42 Å². The third kappa shape index (κ3) is 5.12. The first-order chi connectivity index (χ1) is 28.2. The summed E-state index contributed by atoms with van der Waals surface area (Å²) in [5.41, 5.74) is 10.0. The molecule has 8 aromatic carbocycles. The van der Waals surface area contributed by atoms with Gasteiger partial charge in [0.2, 0.25) is 0 Å². The van der Waals surface area contributed by atoms with Gasteiger partial charge in [-0.25, -0.2) is 15.0 Å². The second kappa shape index (κ2) is 12.6. The number of fused-ring (bicyclic) bond motifs is 10. The summed E-state index contributed by atoms with van der Waals surface area (Å²) in [5.74, 6) is 1.86. The molecular formula is C51H30N4OS. The van der Waals surface area contributed by atoms with Crippen LogP contribution in [-0.2, 0) is 0 Å². The number of hydrogen-bond acceptors (Lipinski definition) is 5. The van der Waals surface area contributed by atoms with Crippen LogP contribution in [0.4, 0.5) is 0 Å². The van der Waals surface area contributed by atoms with Gasteiger partial charge in [0.25, 0.3) is 0 Å². The van der Waals surface area contributed by atoms with Gasteiger partial charge in [-0.2, -0.15) is 0 Å². The van der Waals surface area contributed by atoms with Gasteiger partial charge in [-0.05, 0) is 77.9 Å². The van der Waals surface area contributed by atoms with E-state index in [1.807, 2.05) is 12.1 Å². The molecule has 4 aromatic heterocycles. The molecule has 0 aliphatic carbocycles. The molecule has 12 rings (SSSR count). The molecule has 0 saturated heterocycles. The van der Waals surface area contributed by atoms with Gasteiger partial charge in [0, 0.05) is 64.1 Å². The number of benzene rings is 8. The monoisotopic (exact) mass is 746 g/mol. The van der Waals surface area contributed by atoms with Crippen LogP contribution in [-0.4, -0.2) is 19.5 Å². The fourth-order valence-electron chi connectivity index (χ4n) is 8.34. The number of aromatic nitrogens is 4. The molecule has 0 saturated carbocycles. The average Bonchev–Trinajstić information content (AvgIpc) is 3.96. The van der Waals surface area contributed by atoms with Crippen LogP contribution in [0.15, 0.2) is 186 Å². The lowest BCUT2D eigenvalue weighted by molar-refractivity contribution is 0.671. The van der Waals surface area contributed by atoms with Crippen LogP contribution in [0.2, 0.25) is 0 Å². The minimum absolute atomic E-state index is 0.605. The summed E-state index contributed by atoms with van der Waals surface area (Å²) in [6, 6.07) is 63.7. The number of furan rings is 1. The first-order valence-corrected chi connectivity index (χ1v) is 19.8. The summed E-state index contributed by atoms with van der Waals surface area (Å²) in [7, 11) is 0. The largest absolute Gasteiger partial charge is 0.454 e. The average molecular weight is 747 g/mol. The van der Waals surface area contributed by atoms with Gasteiger partial charge in [0.05, 0.1) is 11.0 Å². The van der Waals surface area contributed by atoms with Crippen LogP contribution >= 0.6 is 11.3 Å². The van der Waals surface area contributed by atoms with E-state index in [0.717, 1.165) is 66.3 Å². The third-order valence-electron chi connectivity index (χ3n) is 11.1. The molecule has 0 fully saturated rings. The van der Waals surface area contributed by atoms with E-state index in [1.54, 1.807) is 11.3 Å². The maximum atomic E-state index is 6.78. The zero-order chi connectivity index (χ0) is 37.5. The van der Waals surface area contributed by atoms with E-state index in [0.29, 0.717) is 17.5 Å². The Bertz CT molecular complexity index is 3510. The Kier molecular flexibility index (Phi) is 7.03. The van der Waals surface area contributed by atoms with Crippen LogP contribution in [0, 0.1) is 0 Å². The Morgan fingerprint density at radius 1 is 0.386 bits per heavy atom. The summed E-state index contributed by atoms with van der Waals surface area (Å²) < 4.78 is 11.6. The zero-order valence-electron chi connectivity index (χ0n) is 30.4. The van der Waals surface area contributed by atoms with Crippen molar-refractivity contribution in [2.75, 3.05) is 0 Å². The number of hydrogen-bond donors (Lipinski definition) is 0. The predicted octanol–water partition coefficient (Wildman–Crippen LogP) is 13.9. The maximum absolute atomic E-state index is 6.78. The highest BCUT2D eigenvalue weighted by molar-refractivity contribution is 7.25. The van der Waals surface area contributed by atoms with E-state index in [-0.39, 0.29) is 0 Å². The Morgan fingerprint density at radius 2 is 0.947 bits per heavy atom. The van der Waals surface area contributed by atoms with E-state index in [9.17, 15) is 0 Å². The molecule has 12 aromatic rings. The normalized spacial score (nSPS) is 11.9. The van der Waals surface area contributed by atoms with Gasteiger partial charge < -0.3 is 8.98 Å². The first-order valence-electron chi connectivity index (χ1n) is 19.0. The molecule has 4 heterocycles. The van der Waals surface area contributed by atoms with Crippen molar-refractivity contribution in [1.29, 1.82) is 0 Å². The number of thiophene rings is 1. The molecule has 6 heteroatoms. The van der Waals surface area contributed by atoms with Crippen molar-refractivity contribution >= 4 is 75.3 Å². The van der Waals surface area contributed by atoms with Crippen LogP contribution in [0.5, 0.6) is 0 Å². The summed E-state index contributed by atoms with van der Waals surface area (Å²) >= 11 is 1.81. The third-order valence-corrected chi connectivity index (χ3v) is 12.2. The highest BCUT2D eigenvalue weighted by Crippen LogP contribution is 2.42. The lowest BCUT2D eigenvalue weighted by Gasteiger charge is -2.09. The van der Waals surface area contributed by atoms with E-state index in [4.69, 9.17) is 19.4 Å². The summed E-state index contributed by atoms with van der Waals surface area (Å²) in [6.45, 7) is 0. The van der Waals surface area contributed by atoms with Crippen LogP contribution < -0.4 is 0 Å². The second-order valence-corrected chi connectivity index (χ2v) is 15.5. The summed E-state index contributed by atoms with van der Waals surface area (Å²) in [4.78, 5) is 15.5. The Morgan fingerprint density at radius 3 is 1.74 bits per heavy atom. The quantitative estimate of drug-likeness (QED) is 0.176. The Labute approximate surface area is 330 Å². The van der Waals surface area contributed by atoms with Crippen molar-refractivity contribution in [3.05, 3.63) is 182 Å². The second-order valence-electron chi connectivity index (χ2n) is 14.4. The van der Waals surface area contributed by atoms with E-state index in [2.05, 4.69) is 174 Å². The molecule has 266 valence electrons. The van der Waals surface area contributed by atoms with Crippen molar-refractivity contribution in [3.8, 4) is 51.0 Å². The van der Waals surface area contributed by atoms with Crippen molar-refractivity contribution in [2.45, 2.75) is 0 Å².